The summed E-state index contributed by atoms with van der Waals surface area (Å²) in [6.45, 7) is 6.05. The lowest BCUT2D eigenvalue weighted by atomic mass is 9.92. The summed E-state index contributed by atoms with van der Waals surface area (Å²) in [4.78, 5) is 11.9. The smallest absolute Gasteiger partial charge is 0.166 e. The molecule has 1 aromatic rings. The number of Topliss-reactive ketones (excluding diaryl/α,β-unsaturated/α-hetero) is 1. The standard InChI is InChI=1S/C14H17ClF2O/c1-8(2)4-9(3)5-14(18)10-6-13(17)11(15)7-12(10)16/h6-9H,4-5H2,1-3H3. The molecule has 0 fully saturated rings. The van der Waals surface area contributed by atoms with E-state index < -0.39 is 11.6 Å². The molecule has 0 spiro atoms. The lowest BCUT2D eigenvalue weighted by Crippen LogP contribution is -2.10. The number of ketones is 1. The van der Waals surface area contributed by atoms with Crippen molar-refractivity contribution in [2.45, 2.75) is 33.6 Å². The second kappa shape index (κ2) is 6.28. The Morgan fingerprint density at radius 2 is 1.83 bits per heavy atom. The van der Waals surface area contributed by atoms with Crippen LogP contribution in [0.25, 0.3) is 0 Å². The van der Waals surface area contributed by atoms with Crippen LogP contribution in [0.15, 0.2) is 12.1 Å². The minimum absolute atomic E-state index is 0.149. The van der Waals surface area contributed by atoms with Crippen LogP contribution in [0, 0.1) is 23.5 Å². The van der Waals surface area contributed by atoms with Gasteiger partial charge >= 0.3 is 0 Å². The minimum atomic E-state index is -0.766. The van der Waals surface area contributed by atoms with Crippen molar-refractivity contribution in [3.63, 3.8) is 0 Å². The van der Waals surface area contributed by atoms with Gasteiger partial charge in [0, 0.05) is 6.42 Å². The third kappa shape index (κ3) is 4.05. The van der Waals surface area contributed by atoms with Crippen molar-refractivity contribution in [1.82, 2.24) is 0 Å². The van der Waals surface area contributed by atoms with Crippen LogP contribution in [0.4, 0.5) is 8.78 Å². The Hall–Kier alpha value is -0.960. The first-order valence-corrected chi connectivity index (χ1v) is 6.36. The lowest BCUT2D eigenvalue weighted by Gasteiger charge is -2.13. The third-order valence-electron chi connectivity index (χ3n) is 2.72. The Labute approximate surface area is 111 Å². The number of rotatable bonds is 5. The molecule has 0 bridgehead atoms. The monoisotopic (exact) mass is 274 g/mol. The van der Waals surface area contributed by atoms with Gasteiger partial charge in [0.15, 0.2) is 5.78 Å². The molecule has 0 radical (unpaired) electrons. The van der Waals surface area contributed by atoms with Crippen molar-refractivity contribution < 1.29 is 13.6 Å². The normalized spacial score (nSPS) is 12.8. The summed E-state index contributed by atoms with van der Waals surface area (Å²) >= 11 is 5.44. The predicted octanol–water partition coefficient (Wildman–Crippen LogP) is 4.87. The molecule has 0 aliphatic rings. The van der Waals surface area contributed by atoms with Crippen LogP contribution in [-0.2, 0) is 0 Å². The van der Waals surface area contributed by atoms with Gasteiger partial charge in [0.1, 0.15) is 11.6 Å². The zero-order chi connectivity index (χ0) is 13.9. The Kier molecular flexibility index (Phi) is 5.27. The summed E-state index contributed by atoms with van der Waals surface area (Å²) in [5.41, 5.74) is -0.215. The van der Waals surface area contributed by atoms with E-state index in [1.165, 1.54) is 0 Å². The van der Waals surface area contributed by atoms with Gasteiger partial charge in [0.05, 0.1) is 10.6 Å². The molecule has 1 unspecified atom stereocenters. The van der Waals surface area contributed by atoms with E-state index in [0.29, 0.717) is 5.92 Å². The van der Waals surface area contributed by atoms with E-state index in [1.807, 2.05) is 6.92 Å². The summed E-state index contributed by atoms with van der Waals surface area (Å²) in [6.07, 6.45) is 1.10. The molecule has 100 valence electrons. The molecule has 0 aliphatic heterocycles. The Morgan fingerprint density at radius 3 is 2.39 bits per heavy atom. The number of halogens is 3. The SMILES string of the molecule is CC(C)CC(C)CC(=O)c1cc(F)c(Cl)cc1F. The zero-order valence-electron chi connectivity index (χ0n) is 10.8. The third-order valence-corrected chi connectivity index (χ3v) is 3.01. The van der Waals surface area contributed by atoms with Crippen LogP contribution in [0.1, 0.15) is 44.0 Å². The highest BCUT2D eigenvalue weighted by Crippen LogP contribution is 2.23. The van der Waals surface area contributed by atoms with Crippen LogP contribution in [-0.4, -0.2) is 5.78 Å². The molecule has 0 amide bonds. The summed E-state index contributed by atoms with van der Waals surface area (Å²) in [5.74, 6) is -1.28. The molecule has 18 heavy (non-hydrogen) atoms. The lowest BCUT2D eigenvalue weighted by molar-refractivity contribution is 0.0955. The van der Waals surface area contributed by atoms with Gasteiger partial charge in [0.25, 0.3) is 0 Å². The maximum Gasteiger partial charge on any atom is 0.166 e. The first-order chi connectivity index (χ1) is 8.31. The molecule has 1 atom stereocenters. The number of benzene rings is 1. The van der Waals surface area contributed by atoms with E-state index in [-0.39, 0.29) is 28.7 Å². The highest BCUT2D eigenvalue weighted by molar-refractivity contribution is 6.30. The molecule has 0 N–H and O–H groups in total. The van der Waals surface area contributed by atoms with Crippen molar-refractivity contribution in [3.05, 3.63) is 34.4 Å². The number of carbonyl (C=O) groups is 1. The average molecular weight is 275 g/mol. The summed E-state index contributed by atoms with van der Waals surface area (Å²) in [7, 11) is 0. The Balaban J connectivity index is 2.82. The maximum atomic E-state index is 13.5. The fourth-order valence-corrected chi connectivity index (χ4v) is 2.20. The van der Waals surface area contributed by atoms with Crippen LogP contribution in [0.5, 0.6) is 0 Å². The van der Waals surface area contributed by atoms with Gasteiger partial charge in [0.2, 0.25) is 0 Å². The van der Waals surface area contributed by atoms with Crippen LogP contribution >= 0.6 is 11.6 Å². The van der Waals surface area contributed by atoms with Gasteiger partial charge in [-0.1, -0.05) is 32.4 Å². The summed E-state index contributed by atoms with van der Waals surface area (Å²) < 4.78 is 26.7. The van der Waals surface area contributed by atoms with Gasteiger partial charge in [-0.25, -0.2) is 8.78 Å². The van der Waals surface area contributed by atoms with E-state index in [2.05, 4.69) is 13.8 Å². The highest BCUT2D eigenvalue weighted by atomic mass is 35.5. The van der Waals surface area contributed by atoms with Gasteiger partial charge in [-0.15, -0.1) is 0 Å². The Morgan fingerprint density at radius 1 is 1.22 bits per heavy atom. The van der Waals surface area contributed by atoms with Crippen LogP contribution < -0.4 is 0 Å². The number of hydrogen-bond donors (Lipinski definition) is 0. The second-order valence-corrected chi connectivity index (χ2v) is 5.52. The molecule has 1 nitrogen and oxygen atoms in total. The van der Waals surface area contributed by atoms with E-state index >= 15 is 0 Å². The molecule has 4 heteroatoms. The van der Waals surface area contributed by atoms with Crippen LogP contribution in [0.2, 0.25) is 5.02 Å². The maximum absolute atomic E-state index is 13.5. The summed E-state index contributed by atoms with van der Waals surface area (Å²) in [5, 5.41) is -0.306. The van der Waals surface area contributed by atoms with Gasteiger partial charge in [-0.3, -0.25) is 4.79 Å². The van der Waals surface area contributed by atoms with Gasteiger partial charge < -0.3 is 0 Å². The first kappa shape index (κ1) is 15.1. The van der Waals surface area contributed by atoms with Gasteiger partial charge in [-0.2, -0.15) is 0 Å². The molecule has 0 aromatic heterocycles. The van der Waals surface area contributed by atoms with Crippen molar-refractivity contribution in [2.24, 2.45) is 11.8 Å². The molecule has 0 aliphatic carbocycles. The average Bonchev–Trinajstić information content (AvgIpc) is 2.21. The molecule has 0 heterocycles. The van der Waals surface area contributed by atoms with Crippen LogP contribution in [0.3, 0.4) is 0 Å². The van der Waals surface area contributed by atoms with E-state index in [1.54, 1.807) is 0 Å². The molecule has 0 saturated carbocycles. The minimum Gasteiger partial charge on any atom is -0.294 e. The number of carbonyl (C=O) groups excluding carboxylic acids is 1. The Bertz CT molecular complexity index is 444. The van der Waals surface area contributed by atoms with Crippen molar-refractivity contribution in [3.8, 4) is 0 Å². The van der Waals surface area contributed by atoms with Crippen molar-refractivity contribution in [2.75, 3.05) is 0 Å². The van der Waals surface area contributed by atoms with Crippen molar-refractivity contribution in [1.29, 1.82) is 0 Å². The summed E-state index contributed by atoms with van der Waals surface area (Å²) in [6, 6.07) is 1.72. The van der Waals surface area contributed by atoms with E-state index in [9.17, 15) is 13.6 Å². The quantitative estimate of drug-likeness (QED) is 0.553. The highest BCUT2D eigenvalue weighted by Gasteiger charge is 2.18. The largest absolute Gasteiger partial charge is 0.294 e. The molecule has 1 rings (SSSR count). The van der Waals surface area contributed by atoms with E-state index in [4.69, 9.17) is 11.6 Å². The molecule has 0 saturated heterocycles. The topological polar surface area (TPSA) is 17.1 Å². The van der Waals surface area contributed by atoms with Crippen molar-refractivity contribution >= 4 is 17.4 Å². The first-order valence-electron chi connectivity index (χ1n) is 5.99. The van der Waals surface area contributed by atoms with E-state index in [0.717, 1.165) is 18.6 Å². The molecular weight excluding hydrogens is 258 g/mol. The molecular formula is C14H17ClF2O. The molecule has 1 aromatic carbocycles. The second-order valence-electron chi connectivity index (χ2n) is 5.11. The number of hydrogen-bond acceptors (Lipinski definition) is 1. The van der Waals surface area contributed by atoms with Gasteiger partial charge in [-0.05, 0) is 30.4 Å². The fraction of sp³-hybridized carbons (Fsp3) is 0.500. The fourth-order valence-electron chi connectivity index (χ4n) is 2.05. The predicted molar refractivity (Wildman–Crippen MR) is 68.9 cm³/mol. The zero-order valence-corrected chi connectivity index (χ0v) is 11.5.